The fraction of sp³-hybridized carbons (Fsp3) is 0.154. The molecule has 0 bridgehead atoms. The first-order valence-electron chi connectivity index (χ1n) is 11.5. The van der Waals surface area contributed by atoms with Gasteiger partial charge in [-0.2, -0.15) is 5.10 Å². The third-order valence-electron chi connectivity index (χ3n) is 6.35. The maximum Gasteiger partial charge on any atom is 0.161 e. The van der Waals surface area contributed by atoms with Crippen molar-refractivity contribution in [3.63, 3.8) is 0 Å². The summed E-state index contributed by atoms with van der Waals surface area (Å²) in [6.07, 6.45) is 5.06. The average Bonchev–Trinajstić information content (AvgIpc) is 3.26. The number of aliphatic hydroxyl groups excluding tert-OH is 1. The smallest absolute Gasteiger partial charge is 0.161 e. The Bertz CT molecular complexity index is 1670. The van der Waals surface area contributed by atoms with Crippen molar-refractivity contribution in [2.45, 2.75) is 19.1 Å². The molecule has 0 radical (unpaired) electrons. The van der Waals surface area contributed by atoms with Crippen molar-refractivity contribution in [1.29, 1.82) is 0 Å². The van der Waals surface area contributed by atoms with Crippen molar-refractivity contribution in [3.05, 3.63) is 66.3 Å². The van der Waals surface area contributed by atoms with E-state index in [2.05, 4.69) is 43.0 Å². The van der Waals surface area contributed by atoms with Crippen molar-refractivity contribution < 1.29 is 5.11 Å². The van der Waals surface area contributed by atoms with E-state index in [0.29, 0.717) is 17.4 Å². The van der Waals surface area contributed by atoms with E-state index < -0.39 is 6.23 Å². The van der Waals surface area contributed by atoms with Crippen LogP contribution in [0.4, 0.5) is 5.69 Å². The number of para-hydroxylation sites is 1. The number of aromatic nitrogens is 6. The van der Waals surface area contributed by atoms with E-state index in [1.54, 1.807) is 23.7 Å². The van der Waals surface area contributed by atoms with Crippen LogP contribution >= 0.6 is 11.3 Å². The Labute approximate surface area is 204 Å². The van der Waals surface area contributed by atoms with Crippen LogP contribution < -0.4 is 5.32 Å². The predicted octanol–water partition coefficient (Wildman–Crippen LogP) is 5.43. The number of hydrogen-bond acceptors (Lipinski definition) is 7. The molecule has 1 aliphatic carbocycles. The number of benzene rings is 1. The fourth-order valence-electron chi connectivity index (χ4n) is 4.36. The molecule has 5 aromatic heterocycles. The maximum absolute atomic E-state index is 10.2. The lowest BCUT2D eigenvalue weighted by atomic mass is 10.1. The molecule has 1 atom stereocenters. The fourth-order valence-corrected chi connectivity index (χ4v) is 5.11. The van der Waals surface area contributed by atoms with Gasteiger partial charge in [0, 0.05) is 28.1 Å². The summed E-state index contributed by atoms with van der Waals surface area (Å²) in [6, 6.07) is 16.2. The molecule has 0 spiro atoms. The molecule has 0 aliphatic heterocycles. The van der Waals surface area contributed by atoms with Crippen molar-refractivity contribution in [2.24, 2.45) is 5.92 Å². The molecule has 0 saturated heterocycles. The van der Waals surface area contributed by atoms with Gasteiger partial charge in [-0.15, -0.1) is 11.3 Å². The molecule has 9 heteroatoms. The average molecular weight is 480 g/mol. The van der Waals surface area contributed by atoms with Gasteiger partial charge in [-0.1, -0.05) is 18.2 Å². The number of H-pyrrole nitrogens is 2. The number of pyridine rings is 2. The van der Waals surface area contributed by atoms with Gasteiger partial charge in [0.15, 0.2) is 11.5 Å². The number of nitrogens with one attached hydrogen (secondary N) is 3. The zero-order valence-electron chi connectivity index (χ0n) is 18.6. The second kappa shape index (κ2) is 8.00. The summed E-state index contributed by atoms with van der Waals surface area (Å²) >= 11 is 1.69. The first-order chi connectivity index (χ1) is 17.2. The molecule has 4 N–H and O–H groups in total. The number of nitrogens with zero attached hydrogens (tertiary/aromatic N) is 4. The van der Waals surface area contributed by atoms with Crippen molar-refractivity contribution >= 4 is 39.1 Å². The Morgan fingerprint density at radius 2 is 1.94 bits per heavy atom. The van der Waals surface area contributed by atoms with E-state index in [4.69, 9.17) is 9.97 Å². The van der Waals surface area contributed by atoms with Crippen molar-refractivity contribution in [1.82, 2.24) is 30.1 Å². The molecule has 1 saturated carbocycles. The van der Waals surface area contributed by atoms with Crippen LogP contribution in [0.25, 0.3) is 55.3 Å². The lowest BCUT2D eigenvalue weighted by Crippen LogP contribution is -2.20. The number of rotatable bonds is 6. The van der Waals surface area contributed by atoms with E-state index >= 15 is 0 Å². The number of anilines is 1. The molecule has 5 heterocycles. The van der Waals surface area contributed by atoms with E-state index in [-0.39, 0.29) is 0 Å². The molecular formula is C26H21N7OS. The first-order valence-corrected chi connectivity index (χ1v) is 12.4. The number of imidazole rings is 1. The molecule has 1 aromatic carbocycles. The highest BCUT2D eigenvalue weighted by Gasteiger charge is 2.29. The molecule has 6 aromatic rings. The van der Waals surface area contributed by atoms with E-state index in [1.165, 1.54) is 4.88 Å². The summed E-state index contributed by atoms with van der Waals surface area (Å²) in [4.78, 5) is 18.8. The number of aliphatic hydroxyl groups is 1. The zero-order chi connectivity index (χ0) is 23.4. The SMILES string of the molecule is OC(Nc1cncc(-c2ccc3[nH]nc(-c4nc5c(-c6cccs6)cccc5[nH]4)c3n2)c1)C1CC1. The van der Waals surface area contributed by atoms with Gasteiger partial charge in [-0.25, -0.2) is 9.97 Å². The number of fused-ring (bicyclic) bond motifs is 2. The van der Waals surface area contributed by atoms with Gasteiger partial charge in [-0.05, 0) is 48.6 Å². The number of aromatic amines is 2. The quantitative estimate of drug-likeness (QED) is 0.237. The molecule has 172 valence electrons. The van der Waals surface area contributed by atoms with Crippen LogP contribution in [-0.2, 0) is 0 Å². The Kier molecular flexibility index (Phi) is 4.64. The van der Waals surface area contributed by atoms with Gasteiger partial charge in [0.05, 0.1) is 34.1 Å². The zero-order valence-corrected chi connectivity index (χ0v) is 19.4. The Balaban J connectivity index is 1.28. The Morgan fingerprint density at radius 3 is 2.80 bits per heavy atom. The van der Waals surface area contributed by atoms with Gasteiger partial charge < -0.3 is 15.4 Å². The molecule has 0 amide bonds. The van der Waals surface area contributed by atoms with Crippen LogP contribution in [0.3, 0.4) is 0 Å². The minimum atomic E-state index is -0.546. The summed E-state index contributed by atoms with van der Waals surface area (Å²) in [7, 11) is 0. The monoisotopic (exact) mass is 479 g/mol. The second-order valence-electron chi connectivity index (χ2n) is 8.82. The van der Waals surface area contributed by atoms with Crippen molar-refractivity contribution in [2.75, 3.05) is 5.32 Å². The summed E-state index contributed by atoms with van der Waals surface area (Å²) in [5.74, 6) is 0.992. The number of hydrogen-bond donors (Lipinski definition) is 4. The number of thiophene rings is 1. The van der Waals surface area contributed by atoms with E-state index in [9.17, 15) is 5.11 Å². The molecular weight excluding hydrogens is 458 g/mol. The van der Waals surface area contributed by atoms with Crippen LogP contribution in [-0.4, -0.2) is 41.5 Å². The van der Waals surface area contributed by atoms with Crippen LogP contribution in [0.2, 0.25) is 0 Å². The molecule has 1 unspecified atom stereocenters. The molecule has 7 rings (SSSR count). The van der Waals surface area contributed by atoms with E-state index in [0.717, 1.165) is 57.4 Å². The molecule has 1 fully saturated rings. The highest BCUT2D eigenvalue weighted by molar-refractivity contribution is 7.13. The molecule has 8 nitrogen and oxygen atoms in total. The molecule has 35 heavy (non-hydrogen) atoms. The standard InChI is InChI=1S/C26H21N7OS/c34-26(14-6-7-14)28-16-11-15(12-27-13-16)18-8-9-20-23(29-18)24(33-32-20)25-30-19-4-1-3-17(22(19)31-25)21-5-2-10-35-21/h1-5,8-14,26,28,34H,6-7H2,(H,30,31)(H,32,33). The first kappa shape index (κ1) is 20.3. The summed E-state index contributed by atoms with van der Waals surface area (Å²) in [5, 5.41) is 23.1. The third-order valence-corrected chi connectivity index (χ3v) is 7.25. The van der Waals surface area contributed by atoms with Crippen molar-refractivity contribution in [3.8, 4) is 33.2 Å². The van der Waals surface area contributed by atoms with Gasteiger partial charge in [0.1, 0.15) is 11.7 Å². The predicted molar refractivity (Wildman–Crippen MR) is 138 cm³/mol. The van der Waals surface area contributed by atoms with Crippen LogP contribution in [0, 0.1) is 5.92 Å². The Morgan fingerprint density at radius 1 is 1.00 bits per heavy atom. The van der Waals surface area contributed by atoms with Crippen LogP contribution in [0.15, 0.2) is 66.3 Å². The minimum absolute atomic E-state index is 0.325. The minimum Gasteiger partial charge on any atom is -0.374 e. The van der Waals surface area contributed by atoms with Gasteiger partial charge in [0.2, 0.25) is 0 Å². The largest absolute Gasteiger partial charge is 0.374 e. The van der Waals surface area contributed by atoms with E-state index in [1.807, 2.05) is 36.4 Å². The van der Waals surface area contributed by atoms with Crippen LogP contribution in [0.1, 0.15) is 12.8 Å². The maximum atomic E-state index is 10.2. The van der Waals surface area contributed by atoms with Gasteiger partial charge >= 0.3 is 0 Å². The second-order valence-corrected chi connectivity index (χ2v) is 9.77. The highest BCUT2D eigenvalue weighted by atomic mass is 32.1. The lowest BCUT2D eigenvalue weighted by molar-refractivity contribution is 0.180. The molecule has 1 aliphatic rings. The summed E-state index contributed by atoms with van der Waals surface area (Å²) in [6.45, 7) is 0. The summed E-state index contributed by atoms with van der Waals surface area (Å²) < 4.78 is 0. The van der Waals surface area contributed by atoms with Gasteiger partial charge in [0.25, 0.3) is 0 Å². The highest BCUT2D eigenvalue weighted by Crippen LogP contribution is 2.35. The topological polar surface area (TPSA) is 115 Å². The summed E-state index contributed by atoms with van der Waals surface area (Å²) in [5.41, 5.74) is 7.59. The van der Waals surface area contributed by atoms with Crippen LogP contribution in [0.5, 0.6) is 0 Å². The van der Waals surface area contributed by atoms with Gasteiger partial charge in [-0.3, -0.25) is 10.1 Å². The normalized spacial score (nSPS) is 14.5. The lowest BCUT2D eigenvalue weighted by Gasteiger charge is -2.13. The Hall–Kier alpha value is -4.08. The third kappa shape index (κ3) is 3.65.